The number of nitrogens with zero attached hydrogens (tertiary/aromatic N) is 2. The number of aromatic nitrogens is 1. The van der Waals surface area contributed by atoms with E-state index in [-0.39, 0.29) is 0 Å². The van der Waals surface area contributed by atoms with E-state index in [2.05, 4.69) is 28.2 Å². The van der Waals surface area contributed by atoms with Gasteiger partial charge in [-0.2, -0.15) is 0 Å². The summed E-state index contributed by atoms with van der Waals surface area (Å²) in [6.45, 7) is 6.89. The zero-order valence-corrected chi connectivity index (χ0v) is 13.8. The molecule has 4 nitrogen and oxygen atoms in total. The lowest BCUT2D eigenvalue weighted by atomic mass is 9.99. The van der Waals surface area contributed by atoms with Crippen molar-refractivity contribution >= 4 is 17.4 Å². The van der Waals surface area contributed by atoms with Crippen LogP contribution < -0.4 is 10.2 Å². The normalized spacial score (nSPS) is 19.0. The molecule has 0 amide bonds. The van der Waals surface area contributed by atoms with Crippen molar-refractivity contribution < 1.29 is 4.74 Å². The summed E-state index contributed by atoms with van der Waals surface area (Å²) in [5.41, 5.74) is 1.13. The first kappa shape index (κ1) is 16.5. The summed E-state index contributed by atoms with van der Waals surface area (Å²) in [6, 6.07) is 2.13. The van der Waals surface area contributed by atoms with Gasteiger partial charge in [0.15, 0.2) is 0 Å². The summed E-state index contributed by atoms with van der Waals surface area (Å²) in [4.78, 5) is 6.86. The predicted molar refractivity (Wildman–Crippen MR) is 88.1 cm³/mol. The van der Waals surface area contributed by atoms with E-state index in [4.69, 9.17) is 16.3 Å². The second-order valence-electron chi connectivity index (χ2n) is 5.72. The summed E-state index contributed by atoms with van der Waals surface area (Å²) >= 11 is 6.25. The number of ether oxygens (including phenoxy) is 1. The Morgan fingerprint density at radius 3 is 3.14 bits per heavy atom. The average molecular weight is 312 g/mol. The first-order valence-corrected chi connectivity index (χ1v) is 8.21. The molecule has 2 rings (SSSR count). The Balaban J connectivity index is 2.03. The molecule has 0 bridgehead atoms. The summed E-state index contributed by atoms with van der Waals surface area (Å²) in [5.74, 6) is 1.64. The van der Waals surface area contributed by atoms with E-state index in [0.29, 0.717) is 5.92 Å². The SMILES string of the molecule is CCCNCc1cc(N2CCCC(COC)C2)ncc1Cl. The molecule has 0 radical (unpaired) electrons. The van der Waals surface area contributed by atoms with Crippen LogP contribution in [0.25, 0.3) is 0 Å². The first-order chi connectivity index (χ1) is 10.2. The van der Waals surface area contributed by atoms with Gasteiger partial charge in [-0.05, 0) is 43.4 Å². The van der Waals surface area contributed by atoms with Crippen LogP contribution in [0.3, 0.4) is 0 Å². The van der Waals surface area contributed by atoms with Gasteiger partial charge >= 0.3 is 0 Å². The Labute approximate surface area is 132 Å². The van der Waals surface area contributed by atoms with Crippen LogP contribution >= 0.6 is 11.6 Å². The highest BCUT2D eigenvalue weighted by Crippen LogP contribution is 2.25. The summed E-state index contributed by atoms with van der Waals surface area (Å²) in [6.07, 6.45) is 5.34. The number of halogens is 1. The molecule has 0 saturated carbocycles. The minimum atomic E-state index is 0.600. The minimum Gasteiger partial charge on any atom is -0.384 e. The monoisotopic (exact) mass is 311 g/mol. The molecule has 1 atom stereocenters. The van der Waals surface area contributed by atoms with Gasteiger partial charge in [0, 0.05) is 32.9 Å². The Morgan fingerprint density at radius 2 is 2.38 bits per heavy atom. The molecule has 1 unspecified atom stereocenters. The van der Waals surface area contributed by atoms with Crippen LogP contribution in [0.15, 0.2) is 12.3 Å². The molecule has 0 spiro atoms. The van der Waals surface area contributed by atoms with Crippen molar-refractivity contribution in [1.29, 1.82) is 0 Å². The second-order valence-corrected chi connectivity index (χ2v) is 6.13. The molecule has 0 aromatic carbocycles. The number of piperidine rings is 1. The van der Waals surface area contributed by atoms with E-state index in [0.717, 1.165) is 55.6 Å². The molecule has 21 heavy (non-hydrogen) atoms. The van der Waals surface area contributed by atoms with Crippen molar-refractivity contribution in [2.45, 2.75) is 32.7 Å². The van der Waals surface area contributed by atoms with Gasteiger partial charge in [-0.15, -0.1) is 0 Å². The van der Waals surface area contributed by atoms with Gasteiger partial charge in [-0.25, -0.2) is 4.98 Å². The van der Waals surface area contributed by atoms with Gasteiger partial charge in [0.2, 0.25) is 0 Å². The van der Waals surface area contributed by atoms with Gasteiger partial charge in [-0.3, -0.25) is 0 Å². The summed E-state index contributed by atoms with van der Waals surface area (Å²) in [5, 5.41) is 4.14. The molecule has 1 fully saturated rings. The molecule has 1 aliphatic rings. The molecule has 5 heteroatoms. The number of hydrogen-bond donors (Lipinski definition) is 1. The average Bonchev–Trinajstić information content (AvgIpc) is 2.50. The number of anilines is 1. The molecule has 1 saturated heterocycles. The largest absolute Gasteiger partial charge is 0.384 e. The topological polar surface area (TPSA) is 37.4 Å². The highest BCUT2D eigenvalue weighted by molar-refractivity contribution is 6.31. The molecule has 1 aromatic heterocycles. The van der Waals surface area contributed by atoms with Gasteiger partial charge < -0.3 is 15.0 Å². The van der Waals surface area contributed by atoms with Crippen molar-refractivity contribution in [2.75, 3.05) is 38.3 Å². The Bertz CT molecular complexity index is 440. The number of nitrogens with one attached hydrogen (secondary N) is 1. The van der Waals surface area contributed by atoms with E-state index in [1.54, 1.807) is 13.3 Å². The third-order valence-electron chi connectivity index (χ3n) is 3.91. The maximum atomic E-state index is 6.25. The highest BCUT2D eigenvalue weighted by Gasteiger charge is 2.21. The lowest BCUT2D eigenvalue weighted by Gasteiger charge is -2.33. The van der Waals surface area contributed by atoms with E-state index in [1.165, 1.54) is 12.8 Å². The molecule has 1 N–H and O–H groups in total. The summed E-state index contributed by atoms with van der Waals surface area (Å²) in [7, 11) is 1.77. The fraction of sp³-hybridized carbons (Fsp3) is 0.688. The van der Waals surface area contributed by atoms with Crippen molar-refractivity contribution in [3.63, 3.8) is 0 Å². The summed E-state index contributed by atoms with van der Waals surface area (Å²) < 4.78 is 5.30. The smallest absolute Gasteiger partial charge is 0.128 e. The lowest BCUT2D eigenvalue weighted by molar-refractivity contribution is 0.143. The Kier molecular flexibility index (Phi) is 6.74. The highest BCUT2D eigenvalue weighted by atomic mass is 35.5. The Hall–Kier alpha value is -0.840. The quantitative estimate of drug-likeness (QED) is 0.785. The molecule has 0 aliphatic carbocycles. The van der Waals surface area contributed by atoms with Crippen LogP contribution in [0.5, 0.6) is 0 Å². The van der Waals surface area contributed by atoms with E-state index in [9.17, 15) is 0 Å². The molecule has 118 valence electrons. The predicted octanol–water partition coefficient (Wildman–Crippen LogP) is 3.10. The van der Waals surface area contributed by atoms with Crippen LogP contribution in [0.2, 0.25) is 5.02 Å². The molecule has 1 aliphatic heterocycles. The third kappa shape index (κ3) is 4.83. The standard InChI is InChI=1S/C16H26ClN3O/c1-3-6-18-9-14-8-16(19-10-15(14)17)20-7-4-5-13(11-20)12-21-2/h8,10,13,18H,3-7,9,11-12H2,1-2H3. The molecule has 2 heterocycles. The lowest BCUT2D eigenvalue weighted by Crippen LogP contribution is -2.37. The maximum absolute atomic E-state index is 6.25. The number of hydrogen-bond acceptors (Lipinski definition) is 4. The second kappa shape index (κ2) is 8.57. The Morgan fingerprint density at radius 1 is 1.52 bits per heavy atom. The van der Waals surface area contributed by atoms with Crippen LogP contribution in [0.4, 0.5) is 5.82 Å². The van der Waals surface area contributed by atoms with Gasteiger partial charge in [0.25, 0.3) is 0 Å². The van der Waals surface area contributed by atoms with Gasteiger partial charge in [-0.1, -0.05) is 18.5 Å². The molecular weight excluding hydrogens is 286 g/mol. The number of rotatable bonds is 7. The van der Waals surface area contributed by atoms with Crippen molar-refractivity contribution in [1.82, 2.24) is 10.3 Å². The maximum Gasteiger partial charge on any atom is 0.128 e. The zero-order chi connectivity index (χ0) is 15.1. The van der Waals surface area contributed by atoms with E-state index < -0.39 is 0 Å². The van der Waals surface area contributed by atoms with Crippen molar-refractivity contribution in [2.24, 2.45) is 5.92 Å². The van der Waals surface area contributed by atoms with Crippen LogP contribution in [0, 0.1) is 5.92 Å². The van der Waals surface area contributed by atoms with Crippen LogP contribution in [-0.4, -0.2) is 38.3 Å². The fourth-order valence-corrected chi connectivity index (χ4v) is 2.99. The third-order valence-corrected chi connectivity index (χ3v) is 4.25. The fourth-order valence-electron chi connectivity index (χ4n) is 2.82. The molecule has 1 aromatic rings. The van der Waals surface area contributed by atoms with E-state index in [1.807, 2.05) is 0 Å². The van der Waals surface area contributed by atoms with Crippen molar-refractivity contribution in [3.05, 3.63) is 22.8 Å². The van der Waals surface area contributed by atoms with Crippen molar-refractivity contribution in [3.8, 4) is 0 Å². The first-order valence-electron chi connectivity index (χ1n) is 7.83. The van der Waals surface area contributed by atoms with Crippen LogP contribution in [0.1, 0.15) is 31.7 Å². The van der Waals surface area contributed by atoms with E-state index >= 15 is 0 Å². The number of pyridine rings is 1. The number of methoxy groups -OCH3 is 1. The van der Waals surface area contributed by atoms with Gasteiger partial charge in [0.05, 0.1) is 11.6 Å². The minimum absolute atomic E-state index is 0.600. The van der Waals surface area contributed by atoms with Crippen LogP contribution in [-0.2, 0) is 11.3 Å². The van der Waals surface area contributed by atoms with Gasteiger partial charge in [0.1, 0.15) is 5.82 Å². The molecular formula is C16H26ClN3O. The zero-order valence-electron chi connectivity index (χ0n) is 13.1.